The van der Waals surface area contributed by atoms with E-state index in [1.54, 1.807) is 12.1 Å². The van der Waals surface area contributed by atoms with Crippen LogP contribution < -0.4 is 0 Å². The van der Waals surface area contributed by atoms with E-state index in [0.29, 0.717) is 5.58 Å². The first kappa shape index (κ1) is 10.3. The summed E-state index contributed by atoms with van der Waals surface area (Å²) in [6.45, 7) is 0. The average molecular weight is 292 g/mol. The molecule has 2 heterocycles. The van der Waals surface area contributed by atoms with E-state index >= 15 is 0 Å². The van der Waals surface area contributed by atoms with E-state index in [1.165, 1.54) is 12.7 Å². The number of carbonyl (C=O) groups is 1. The van der Waals surface area contributed by atoms with Crippen molar-refractivity contribution in [2.75, 3.05) is 0 Å². The zero-order valence-corrected chi connectivity index (χ0v) is 10.1. The van der Waals surface area contributed by atoms with Crippen molar-refractivity contribution in [1.82, 2.24) is 4.98 Å². The van der Waals surface area contributed by atoms with Crippen molar-refractivity contribution >= 4 is 32.7 Å². The molecule has 4 nitrogen and oxygen atoms in total. The topological polar surface area (TPSA) is 56.2 Å². The van der Waals surface area contributed by atoms with Crippen molar-refractivity contribution in [3.63, 3.8) is 0 Å². The molecule has 0 amide bonds. The van der Waals surface area contributed by atoms with Gasteiger partial charge in [0.1, 0.15) is 11.8 Å². The Balaban J connectivity index is 2.09. The molecule has 0 fully saturated rings. The highest BCUT2D eigenvalue weighted by Gasteiger charge is 2.16. The number of hydrogen-bond donors (Lipinski definition) is 0. The van der Waals surface area contributed by atoms with Crippen LogP contribution in [-0.4, -0.2) is 10.8 Å². The number of fused-ring (bicyclic) bond motifs is 1. The van der Waals surface area contributed by atoms with Crippen LogP contribution in [0.2, 0.25) is 0 Å². The fourth-order valence-corrected chi connectivity index (χ4v) is 1.96. The molecule has 1 aromatic carbocycles. The predicted octanol–water partition coefficient (Wildman–Crippen LogP) is 3.41. The lowest BCUT2D eigenvalue weighted by Gasteiger charge is -1.89. The fraction of sp³-hybridized carbons (Fsp3) is 0. The van der Waals surface area contributed by atoms with Crippen molar-refractivity contribution in [1.29, 1.82) is 0 Å². The first-order valence-corrected chi connectivity index (χ1v) is 5.65. The number of halogens is 1. The highest BCUT2D eigenvalue weighted by Crippen LogP contribution is 2.24. The lowest BCUT2D eigenvalue weighted by atomic mass is 10.2. The van der Waals surface area contributed by atoms with Crippen LogP contribution in [0.1, 0.15) is 16.2 Å². The van der Waals surface area contributed by atoms with E-state index in [0.717, 1.165) is 9.86 Å². The van der Waals surface area contributed by atoms with Gasteiger partial charge in [0.15, 0.2) is 17.8 Å². The molecule has 17 heavy (non-hydrogen) atoms. The number of hydrogen-bond acceptors (Lipinski definition) is 4. The largest absolute Gasteiger partial charge is 0.453 e. The number of benzene rings is 1. The van der Waals surface area contributed by atoms with Crippen LogP contribution in [0, 0.1) is 0 Å². The van der Waals surface area contributed by atoms with Gasteiger partial charge in [0, 0.05) is 9.86 Å². The molecule has 0 N–H and O–H groups in total. The molecule has 2 aromatic heterocycles. The molecule has 3 rings (SSSR count). The zero-order valence-electron chi connectivity index (χ0n) is 8.51. The summed E-state index contributed by atoms with van der Waals surface area (Å²) in [6, 6.07) is 7.24. The lowest BCUT2D eigenvalue weighted by molar-refractivity contribution is 0.101. The van der Waals surface area contributed by atoms with Crippen LogP contribution in [0.3, 0.4) is 0 Å². The van der Waals surface area contributed by atoms with E-state index < -0.39 is 0 Å². The van der Waals surface area contributed by atoms with Gasteiger partial charge in [-0.2, -0.15) is 0 Å². The SMILES string of the molecule is O=C(c1cocn1)c1cc2cc(Br)ccc2o1. The third-order valence-electron chi connectivity index (χ3n) is 2.37. The summed E-state index contributed by atoms with van der Waals surface area (Å²) in [6.07, 6.45) is 2.51. The number of ketones is 1. The number of rotatable bonds is 2. The van der Waals surface area contributed by atoms with Gasteiger partial charge in [-0.25, -0.2) is 4.98 Å². The predicted molar refractivity (Wildman–Crippen MR) is 63.8 cm³/mol. The minimum atomic E-state index is -0.286. The molecule has 0 aliphatic heterocycles. The quantitative estimate of drug-likeness (QED) is 0.679. The Morgan fingerprint density at radius 3 is 2.94 bits per heavy atom. The minimum Gasteiger partial charge on any atom is -0.453 e. The summed E-state index contributed by atoms with van der Waals surface area (Å²) in [4.78, 5) is 15.7. The Morgan fingerprint density at radius 1 is 1.29 bits per heavy atom. The van der Waals surface area contributed by atoms with E-state index in [2.05, 4.69) is 20.9 Å². The molecule has 3 aromatic rings. The molecule has 0 saturated carbocycles. The molecule has 0 radical (unpaired) electrons. The van der Waals surface area contributed by atoms with Crippen LogP contribution in [0.5, 0.6) is 0 Å². The fourth-order valence-electron chi connectivity index (χ4n) is 1.58. The number of oxazole rings is 1. The van der Waals surface area contributed by atoms with Crippen molar-refractivity contribution in [2.45, 2.75) is 0 Å². The van der Waals surface area contributed by atoms with Gasteiger partial charge in [-0.15, -0.1) is 0 Å². The second kappa shape index (κ2) is 3.85. The normalized spacial score (nSPS) is 10.9. The van der Waals surface area contributed by atoms with Crippen LogP contribution in [0.25, 0.3) is 11.0 Å². The Morgan fingerprint density at radius 2 is 2.18 bits per heavy atom. The lowest BCUT2D eigenvalue weighted by Crippen LogP contribution is -1.98. The minimum absolute atomic E-state index is 0.239. The Labute approximate surface area is 104 Å². The highest BCUT2D eigenvalue weighted by molar-refractivity contribution is 9.10. The Kier molecular flexibility index (Phi) is 2.33. The molecular weight excluding hydrogens is 286 g/mol. The van der Waals surface area contributed by atoms with Gasteiger partial charge in [0.2, 0.25) is 5.78 Å². The highest BCUT2D eigenvalue weighted by atomic mass is 79.9. The van der Waals surface area contributed by atoms with Gasteiger partial charge in [-0.05, 0) is 24.3 Å². The first-order valence-electron chi connectivity index (χ1n) is 4.86. The van der Waals surface area contributed by atoms with E-state index in [9.17, 15) is 4.79 Å². The summed E-state index contributed by atoms with van der Waals surface area (Å²) in [5.41, 5.74) is 0.906. The van der Waals surface area contributed by atoms with E-state index in [4.69, 9.17) is 8.83 Å². The van der Waals surface area contributed by atoms with Crippen LogP contribution in [0.15, 0.2) is 50.2 Å². The summed E-state index contributed by atoms with van der Waals surface area (Å²) in [5, 5.41) is 0.867. The number of aromatic nitrogens is 1. The molecule has 0 bridgehead atoms. The number of carbonyl (C=O) groups excluding carboxylic acids is 1. The van der Waals surface area contributed by atoms with Gasteiger partial charge in [-0.1, -0.05) is 15.9 Å². The number of nitrogens with zero attached hydrogens (tertiary/aromatic N) is 1. The van der Waals surface area contributed by atoms with Crippen molar-refractivity contribution in [3.05, 3.63) is 52.8 Å². The molecule has 0 spiro atoms. The van der Waals surface area contributed by atoms with Crippen molar-refractivity contribution in [2.24, 2.45) is 0 Å². The summed E-state index contributed by atoms with van der Waals surface area (Å²) >= 11 is 3.36. The molecule has 0 atom stereocenters. The van der Waals surface area contributed by atoms with Crippen LogP contribution >= 0.6 is 15.9 Å². The Bertz CT molecular complexity index is 685. The second-order valence-electron chi connectivity index (χ2n) is 3.50. The van der Waals surface area contributed by atoms with E-state index in [1.807, 2.05) is 12.1 Å². The maximum Gasteiger partial charge on any atom is 0.249 e. The van der Waals surface area contributed by atoms with E-state index in [-0.39, 0.29) is 17.2 Å². The summed E-state index contributed by atoms with van der Waals surface area (Å²) < 4.78 is 11.2. The standard InChI is InChI=1S/C12H6BrNO3/c13-8-1-2-10-7(3-8)4-11(17-10)12(15)9-5-16-6-14-9/h1-6H. The third kappa shape index (κ3) is 1.78. The molecule has 0 aliphatic rings. The maximum absolute atomic E-state index is 11.9. The van der Waals surface area contributed by atoms with Crippen LogP contribution in [-0.2, 0) is 0 Å². The molecular formula is C12H6BrNO3. The maximum atomic E-state index is 11.9. The molecule has 0 unspecified atom stereocenters. The monoisotopic (exact) mass is 291 g/mol. The third-order valence-corrected chi connectivity index (χ3v) is 2.86. The Hall–Kier alpha value is -1.88. The first-order chi connectivity index (χ1) is 8.24. The number of furan rings is 1. The molecule has 84 valence electrons. The van der Waals surface area contributed by atoms with Gasteiger partial charge < -0.3 is 8.83 Å². The summed E-state index contributed by atoms with van der Waals surface area (Å²) in [7, 11) is 0. The van der Waals surface area contributed by atoms with Crippen molar-refractivity contribution in [3.8, 4) is 0 Å². The van der Waals surface area contributed by atoms with Gasteiger partial charge in [0.25, 0.3) is 0 Å². The van der Waals surface area contributed by atoms with Gasteiger partial charge in [-0.3, -0.25) is 4.79 Å². The van der Waals surface area contributed by atoms with Gasteiger partial charge in [0.05, 0.1) is 0 Å². The molecule has 0 aliphatic carbocycles. The van der Waals surface area contributed by atoms with Crippen molar-refractivity contribution < 1.29 is 13.6 Å². The zero-order chi connectivity index (χ0) is 11.8. The van der Waals surface area contributed by atoms with Gasteiger partial charge >= 0.3 is 0 Å². The smallest absolute Gasteiger partial charge is 0.249 e. The molecule has 0 saturated heterocycles. The molecule has 5 heteroatoms. The van der Waals surface area contributed by atoms with Crippen LogP contribution in [0.4, 0.5) is 0 Å². The second-order valence-corrected chi connectivity index (χ2v) is 4.41. The average Bonchev–Trinajstić information content (AvgIpc) is 2.96. The summed E-state index contributed by atoms with van der Waals surface area (Å²) in [5.74, 6) is -0.0296.